The molecule has 1 aromatic rings. The van der Waals surface area contributed by atoms with E-state index in [1.807, 2.05) is 0 Å². The summed E-state index contributed by atoms with van der Waals surface area (Å²) in [5.74, 6) is 0.616. The summed E-state index contributed by atoms with van der Waals surface area (Å²) >= 11 is 0. The van der Waals surface area contributed by atoms with Gasteiger partial charge in [-0.2, -0.15) is 0 Å². The standard InChI is InChI=1S/C14H23N3O3S/c1-10(2)17-7-6-11(9-17)16-13-8-12(21(15,18)19)4-5-14(13)20-3/h4-5,8,10-11,16H,6-7,9H2,1-3H3,(H2,15,18,19). The summed E-state index contributed by atoms with van der Waals surface area (Å²) in [6, 6.07) is 5.39. The number of sulfonamides is 1. The van der Waals surface area contributed by atoms with Crippen molar-refractivity contribution in [2.75, 3.05) is 25.5 Å². The van der Waals surface area contributed by atoms with E-state index < -0.39 is 10.0 Å². The van der Waals surface area contributed by atoms with Crippen molar-refractivity contribution in [3.63, 3.8) is 0 Å². The minimum atomic E-state index is -3.71. The van der Waals surface area contributed by atoms with Gasteiger partial charge in [-0.15, -0.1) is 0 Å². The molecule has 7 heteroatoms. The molecule has 3 N–H and O–H groups in total. The first-order valence-corrected chi connectivity index (χ1v) is 8.57. The van der Waals surface area contributed by atoms with Crippen molar-refractivity contribution >= 4 is 15.7 Å². The monoisotopic (exact) mass is 313 g/mol. The number of nitrogens with zero attached hydrogens (tertiary/aromatic N) is 1. The highest BCUT2D eigenvalue weighted by Crippen LogP contribution is 2.29. The average molecular weight is 313 g/mol. The van der Waals surface area contributed by atoms with E-state index in [-0.39, 0.29) is 10.9 Å². The largest absolute Gasteiger partial charge is 0.495 e. The molecular weight excluding hydrogens is 290 g/mol. The lowest BCUT2D eigenvalue weighted by Gasteiger charge is -2.21. The zero-order valence-corrected chi connectivity index (χ0v) is 13.5. The number of primary sulfonamides is 1. The summed E-state index contributed by atoms with van der Waals surface area (Å²) in [6.45, 7) is 6.31. The Bertz CT molecular complexity index is 601. The molecule has 1 fully saturated rings. The number of rotatable bonds is 5. The van der Waals surface area contributed by atoms with Crippen LogP contribution in [-0.2, 0) is 10.0 Å². The molecule has 21 heavy (non-hydrogen) atoms. The Kier molecular flexibility index (Phi) is 4.75. The van der Waals surface area contributed by atoms with E-state index in [0.717, 1.165) is 19.5 Å². The van der Waals surface area contributed by atoms with Gasteiger partial charge in [-0.1, -0.05) is 0 Å². The predicted molar refractivity (Wildman–Crippen MR) is 83.1 cm³/mol. The first-order valence-electron chi connectivity index (χ1n) is 7.02. The topological polar surface area (TPSA) is 84.7 Å². The van der Waals surface area contributed by atoms with Crippen LogP contribution in [0.5, 0.6) is 5.75 Å². The minimum absolute atomic E-state index is 0.0875. The van der Waals surface area contributed by atoms with Gasteiger partial charge >= 0.3 is 0 Å². The Labute approximate surface area is 126 Å². The molecular formula is C14H23N3O3S. The van der Waals surface area contributed by atoms with Gasteiger partial charge in [-0.05, 0) is 38.5 Å². The fourth-order valence-corrected chi connectivity index (χ4v) is 3.11. The number of benzene rings is 1. The van der Waals surface area contributed by atoms with Gasteiger partial charge in [-0.25, -0.2) is 13.6 Å². The highest BCUT2D eigenvalue weighted by Gasteiger charge is 2.25. The van der Waals surface area contributed by atoms with Gasteiger partial charge in [0, 0.05) is 25.2 Å². The predicted octanol–water partition coefficient (Wildman–Crippen LogP) is 1.24. The Morgan fingerprint density at radius 2 is 2.14 bits per heavy atom. The van der Waals surface area contributed by atoms with Crippen molar-refractivity contribution in [1.82, 2.24) is 4.90 Å². The van der Waals surface area contributed by atoms with Gasteiger partial charge in [0.1, 0.15) is 5.75 Å². The van der Waals surface area contributed by atoms with Crippen molar-refractivity contribution in [2.45, 2.75) is 37.2 Å². The molecule has 0 saturated carbocycles. The zero-order valence-electron chi connectivity index (χ0n) is 12.7. The number of nitrogens with one attached hydrogen (secondary N) is 1. The third-order valence-electron chi connectivity index (χ3n) is 3.81. The van der Waals surface area contributed by atoms with E-state index in [2.05, 4.69) is 24.1 Å². The van der Waals surface area contributed by atoms with Gasteiger partial charge < -0.3 is 10.1 Å². The second-order valence-electron chi connectivity index (χ2n) is 5.63. The summed E-state index contributed by atoms with van der Waals surface area (Å²) < 4.78 is 28.2. The molecule has 1 aliphatic rings. The maximum Gasteiger partial charge on any atom is 0.238 e. The van der Waals surface area contributed by atoms with Gasteiger partial charge in [0.25, 0.3) is 0 Å². The van der Waals surface area contributed by atoms with Crippen molar-refractivity contribution in [2.24, 2.45) is 5.14 Å². The van der Waals surface area contributed by atoms with Crippen molar-refractivity contribution in [1.29, 1.82) is 0 Å². The lowest BCUT2D eigenvalue weighted by Crippen LogP contribution is -2.31. The quantitative estimate of drug-likeness (QED) is 0.854. The lowest BCUT2D eigenvalue weighted by atomic mass is 10.2. The van der Waals surface area contributed by atoms with Crippen LogP contribution in [-0.4, -0.2) is 45.6 Å². The normalized spacial score (nSPS) is 20.0. The highest BCUT2D eigenvalue weighted by molar-refractivity contribution is 7.89. The molecule has 6 nitrogen and oxygen atoms in total. The van der Waals surface area contributed by atoms with E-state index >= 15 is 0 Å². The first-order chi connectivity index (χ1) is 9.81. The number of likely N-dealkylation sites (tertiary alicyclic amines) is 1. The smallest absolute Gasteiger partial charge is 0.238 e. The Balaban J connectivity index is 2.19. The molecule has 1 heterocycles. The molecule has 0 spiro atoms. The Morgan fingerprint density at radius 1 is 1.43 bits per heavy atom. The zero-order chi connectivity index (χ0) is 15.6. The SMILES string of the molecule is COc1ccc(S(N)(=O)=O)cc1NC1CCN(C(C)C)C1. The summed E-state index contributed by atoms with van der Waals surface area (Å²) in [5.41, 5.74) is 0.666. The van der Waals surface area contributed by atoms with Crippen molar-refractivity contribution in [3.8, 4) is 5.75 Å². The van der Waals surface area contributed by atoms with Crippen molar-refractivity contribution in [3.05, 3.63) is 18.2 Å². The first kappa shape index (κ1) is 16.1. The van der Waals surface area contributed by atoms with E-state index in [1.54, 1.807) is 13.2 Å². The third-order valence-corrected chi connectivity index (χ3v) is 4.72. The highest BCUT2D eigenvalue weighted by atomic mass is 32.2. The van der Waals surface area contributed by atoms with Gasteiger partial charge in [0.15, 0.2) is 0 Å². The van der Waals surface area contributed by atoms with Crippen LogP contribution in [0.4, 0.5) is 5.69 Å². The van der Waals surface area contributed by atoms with Crippen LogP contribution < -0.4 is 15.2 Å². The van der Waals surface area contributed by atoms with Crippen LogP contribution in [0, 0.1) is 0 Å². The van der Waals surface area contributed by atoms with Crippen LogP contribution in [0.25, 0.3) is 0 Å². The van der Waals surface area contributed by atoms with E-state index in [0.29, 0.717) is 17.5 Å². The fourth-order valence-electron chi connectivity index (χ4n) is 2.57. The molecule has 2 rings (SSSR count). The summed E-state index contributed by atoms with van der Waals surface area (Å²) in [7, 11) is -2.15. The summed E-state index contributed by atoms with van der Waals surface area (Å²) in [4.78, 5) is 2.47. The van der Waals surface area contributed by atoms with E-state index in [9.17, 15) is 8.42 Å². The molecule has 1 aromatic carbocycles. The molecule has 1 saturated heterocycles. The molecule has 1 atom stereocenters. The summed E-state index contributed by atoms with van der Waals surface area (Å²) in [6.07, 6.45) is 1.01. The average Bonchev–Trinajstić information content (AvgIpc) is 2.86. The number of methoxy groups -OCH3 is 1. The molecule has 1 aliphatic heterocycles. The number of hydrogen-bond acceptors (Lipinski definition) is 5. The Hall–Kier alpha value is -1.31. The van der Waals surface area contributed by atoms with Crippen LogP contribution in [0.3, 0.4) is 0 Å². The molecule has 0 bridgehead atoms. The third kappa shape index (κ3) is 3.87. The molecule has 1 unspecified atom stereocenters. The second-order valence-corrected chi connectivity index (χ2v) is 7.19. The molecule has 0 radical (unpaired) electrons. The van der Waals surface area contributed by atoms with Crippen LogP contribution in [0.2, 0.25) is 0 Å². The number of anilines is 1. The Morgan fingerprint density at radius 3 is 2.67 bits per heavy atom. The van der Waals surface area contributed by atoms with E-state index in [1.165, 1.54) is 12.1 Å². The van der Waals surface area contributed by atoms with Crippen LogP contribution in [0.15, 0.2) is 23.1 Å². The van der Waals surface area contributed by atoms with Gasteiger partial charge in [-0.3, -0.25) is 4.90 Å². The number of nitrogens with two attached hydrogens (primary N) is 1. The molecule has 118 valence electrons. The summed E-state index contributed by atoms with van der Waals surface area (Å²) in [5, 5.41) is 8.55. The fraction of sp³-hybridized carbons (Fsp3) is 0.571. The van der Waals surface area contributed by atoms with Gasteiger partial charge in [0.05, 0.1) is 17.7 Å². The maximum absolute atomic E-state index is 11.5. The maximum atomic E-state index is 11.5. The number of ether oxygens (including phenoxy) is 1. The second kappa shape index (κ2) is 6.21. The van der Waals surface area contributed by atoms with E-state index in [4.69, 9.17) is 9.88 Å². The molecule has 0 aliphatic carbocycles. The molecule has 0 aromatic heterocycles. The van der Waals surface area contributed by atoms with Crippen molar-refractivity contribution < 1.29 is 13.2 Å². The van der Waals surface area contributed by atoms with Crippen LogP contribution >= 0.6 is 0 Å². The lowest BCUT2D eigenvalue weighted by molar-refractivity contribution is 0.274. The molecule has 0 amide bonds. The van der Waals surface area contributed by atoms with Crippen LogP contribution in [0.1, 0.15) is 20.3 Å². The minimum Gasteiger partial charge on any atom is -0.495 e. The van der Waals surface area contributed by atoms with Gasteiger partial charge in [0.2, 0.25) is 10.0 Å². The number of hydrogen-bond donors (Lipinski definition) is 2.